The van der Waals surface area contributed by atoms with Crippen molar-refractivity contribution >= 4 is 37.7 Å². The molecule has 0 saturated heterocycles. The SMILES string of the molecule is CCOc1ccc(Br)cc1S(=O)(=O)N1Cc2ccccc2CC1C(=O)OCC(=O)/C(C#N)=C(/C)N. The first-order valence-electron chi connectivity index (χ1n) is 10.7. The fourth-order valence-electron chi connectivity index (χ4n) is 3.71. The van der Waals surface area contributed by atoms with E-state index in [0.717, 1.165) is 15.4 Å². The van der Waals surface area contributed by atoms with Gasteiger partial charge in [0.1, 0.15) is 28.3 Å². The molecule has 2 aromatic rings. The van der Waals surface area contributed by atoms with E-state index in [-0.39, 0.29) is 41.5 Å². The van der Waals surface area contributed by atoms with E-state index in [1.165, 1.54) is 19.1 Å². The minimum absolute atomic E-state index is 0.00227. The van der Waals surface area contributed by atoms with Gasteiger partial charge in [0.05, 0.1) is 6.61 Å². The van der Waals surface area contributed by atoms with Crippen LogP contribution in [-0.4, -0.2) is 43.7 Å². The van der Waals surface area contributed by atoms with E-state index >= 15 is 0 Å². The van der Waals surface area contributed by atoms with Crippen molar-refractivity contribution in [1.29, 1.82) is 5.26 Å². The van der Waals surface area contributed by atoms with E-state index in [4.69, 9.17) is 20.5 Å². The number of carbonyl (C=O) groups excluding carboxylic acids is 2. The number of hydrogen-bond donors (Lipinski definition) is 1. The van der Waals surface area contributed by atoms with Gasteiger partial charge in [-0.3, -0.25) is 9.59 Å². The summed E-state index contributed by atoms with van der Waals surface area (Å²) in [5, 5.41) is 9.10. The van der Waals surface area contributed by atoms with Crippen LogP contribution in [-0.2, 0) is 37.3 Å². The quantitative estimate of drug-likeness (QED) is 0.294. The summed E-state index contributed by atoms with van der Waals surface area (Å²) in [7, 11) is -4.24. The van der Waals surface area contributed by atoms with Gasteiger partial charge < -0.3 is 15.2 Å². The van der Waals surface area contributed by atoms with Gasteiger partial charge in [-0.1, -0.05) is 40.2 Å². The van der Waals surface area contributed by atoms with E-state index < -0.39 is 34.4 Å². The number of fused-ring (bicyclic) bond motifs is 1. The Morgan fingerprint density at radius 2 is 1.91 bits per heavy atom. The minimum Gasteiger partial charge on any atom is -0.492 e. The van der Waals surface area contributed by atoms with Crippen molar-refractivity contribution in [3.63, 3.8) is 0 Å². The van der Waals surface area contributed by atoms with Crippen LogP contribution >= 0.6 is 15.9 Å². The summed E-state index contributed by atoms with van der Waals surface area (Å²) in [4.78, 5) is 25.3. The molecule has 1 aliphatic heterocycles. The van der Waals surface area contributed by atoms with E-state index in [9.17, 15) is 18.0 Å². The number of esters is 1. The van der Waals surface area contributed by atoms with Gasteiger partial charge in [0.25, 0.3) is 0 Å². The maximum atomic E-state index is 13.8. The third-order valence-corrected chi connectivity index (χ3v) is 7.77. The molecular weight excluding hydrogens is 538 g/mol. The second-order valence-corrected chi connectivity index (χ2v) is 10.5. The van der Waals surface area contributed by atoms with Crippen LogP contribution in [0.15, 0.2) is 63.1 Å². The highest BCUT2D eigenvalue weighted by Gasteiger charge is 2.42. The number of hydrogen-bond acceptors (Lipinski definition) is 8. The van der Waals surface area contributed by atoms with Crippen LogP contribution in [0.25, 0.3) is 0 Å². The Morgan fingerprint density at radius 3 is 2.54 bits per heavy atom. The zero-order chi connectivity index (χ0) is 25.8. The molecule has 0 aromatic heterocycles. The van der Waals surface area contributed by atoms with Crippen molar-refractivity contribution in [1.82, 2.24) is 4.31 Å². The standard InChI is InChI=1S/C24H24BrN3O6S/c1-3-33-22-9-8-18(25)11-23(22)35(31,32)28-13-17-7-5-4-6-16(17)10-20(28)24(30)34-14-21(29)19(12-26)15(2)27/h4-9,11,20H,3,10,13-14,27H2,1-2H3/b19-15-. The highest BCUT2D eigenvalue weighted by atomic mass is 79.9. The summed E-state index contributed by atoms with van der Waals surface area (Å²) in [6.07, 6.45) is 0.0528. The molecule has 0 bridgehead atoms. The molecule has 0 saturated carbocycles. The molecule has 1 unspecified atom stereocenters. The van der Waals surface area contributed by atoms with Gasteiger partial charge >= 0.3 is 5.97 Å². The monoisotopic (exact) mass is 561 g/mol. The summed E-state index contributed by atoms with van der Waals surface area (Å²) in [6, 6.07) is 12.3. The van der Waals surface area contributed by atoms with E-state index in [1.54, 1.807) is 37.3 Å². The van der Waals surface area contributed by atoms with Crippen LogP contribution in [0.5, 0.6) is 5.75 Å². The zero-order valence-corrected chi connectivity index (χ0v) is 21.6. The van der Waals surface area contributed by atoms with Crippen molar-refractivity contribution in [3.8, 4) is 11.8 Å². The number of benzene rings is 2. The molecule has 1 atom stereocenters. The summed E-state index contributed by atoms with van der Waals surface area (Å²) < 4.78 is 39.9. The van der Waals surface area contributed by atoms with Gasteiger partial charge in [0.2, 0.25) is 15.8 Å². The smallest absolute Gasteiger partial charge is 0.325 e. The maximum Gasteiger partial charge on any atom is 0.325 e. The zero-order valence-electron chi connectivity index (χ0n) is 19.2. The Morgan fingerprint density at radius 1 is 1.23 bits per heavy atom. The van der Waals surface area contributed by atoms with Gasteiger partial charge in [-0.05, 0) is 43.2 Å². The highest BCUT2D eigenvalue weighted by Crippen LogP contribution is 2.35. The second-order valence-electron chi connectivity index (χ2n) is 7.76. The van der Waals surface area contributed by atoms with Crippen LogP contribution in [0.1, 0.15) is 25.0 Å². The minimum atomic E-state index is -4.24. The number of carbonyl (C=O) groups is 2. The Balaban J connectivity index is 1.99. The molecule has 11 heteroatoms. The Hall–Kier alpha value is -3.20. The number of allylic oxidation sites excluding steroid dienone is 1. The first-order chi connectivity index (χ1) is 16.6. The number of nitrogens with two attached hydrogens (primary N) is 1. The summed E-state index contributed by atoms with van der Waals surface area (Å²) >= 11 is 3.30. The molecule has 1 heterocycles. The van der Waals surface area contributed by atoms with Crippen molar-refractivity contribution in [2.45, 2.75) is 37.8 Å². The maximum absolute atomic E-state index is 13.8. The Bertz CT molecular complexity index is 1330. The van der Waals surface area contributed by atoms with Crippen LogP contribution in [0.3, 0.4) is 0 Å². The van der Waals surface area contributed by atoms with Crippen molar-refractivity contribution in [2.24, 2.45) is 5.73 Å². The molecule has 0 spiro atoms. The molecular formula is C24H24BrN3O6S. The van der Waals surface area contributed by atoms with Crippen LogP contribution in [0.4, 0.5) is 0 Å². The summed E-state index contributed by atoms with van der Waals surface area (Å²) in [6.45, 7) is 2.56. The number of ketones is 1. The van der Waals surface area contributed by atoms with Crippen LogP contribution < -0.4 is 10.5 Å². The lowest BCUT2D eigenvalue weighted by Crippen LogP contribution is -2.49. The van der Waals surface area contributed by atoms with Crippen LogP contribution in [0.2, 0.25) is 0 Å². The van der Waals surface area contributed by atoms with Gasteiger partial charge in [-0.25, -0.2) is 8.42 Å². The first-order valence-corrected chi connectivity index (χ1v) is 12.9. The van der Waals surface area contributed by atoms with E-state index in [1.807, 2.05) is 6.07 Å². The molecule has 2 N–H and O–H groups in total. The predicted octanol–water partition coefficient (Wildman–Crippen LogP) is 2.83. The van der Waals surface area contributed by atoms with Gasteiger partial charge in [0.15, 0.2) is 6.61 Å². The topological polar surface area (TPSA) is 140 Å². The fourth-order valence-corrected chi connectivity index (χ4v) is 5.94. The number of Topliss-reactive ketones (excluding diaryl/α,β-unsaturated/α-hetero) is 1. The lowest BCUT2D eigenvalue weighted by Gasteiger charge is -2.34. The average molecular weight is 562 g/mol. The Labute approximate surface area is 212 Å². The first kappa shape index (κ1) is 26.4. The summed E-state index contributed by atoms with van der Waals surface area (Å²) in [5.41, 5.74) is 6.77. The molecule has 0 fully saturated rings. The molecule has 0 radical (unpaired) electrons. The van der Waals surface area contributed by atoms with E-state index in [0.29, 0.717) is 4.47 Å². The molecule has 1 aliphatic rings. The molecule has 2 aromatic carbocycles. The lowest BCUT2D eigenvalue weighted by atomic mass is 9.96. The number of sulfonamides is 1. The van der Waals surface area contributed by atoms with Gasteiger partial charge in [0, 0.05) is 23.1 Å². The lowest BCUT2D eigenvalue weighted by molar-refractivity contribution is -0.151. The van der Waals surface area contributed by atoms with Crippen LogP contribution in [0, 0.1) is 11.3 Å². The number of rotatable bonds is 8. The molecule has 184 valence electrons. The number of nitriles is 1. The normalized spacial score (nSPS) is 16.5. The van der Waals surface area contributed by atoms with Gasteiger partial charge in [-0.2, -0.15) is 9.57 Å². The third-order valence-electron chi connectivity index (χ3n) is 5.40. The molecule has 0 amide bonds. The molecule has 9 nitrogen and oxygen atoms in total. The average Bonchev–Trinajstić information content (AvgIpc) is 2.83. The number of halogens is 1. The van der Waals surface area contributed by atoms with E-state index in [2.05, 4.69) is 15.9 Å². The third kappa shape index (κ3) is 5.73. The largest absolute Gasteiger partial charge is 0.492 e. The highest BCUT2D eigenvalue weighted by molar-refractivity contribution is 9.10. The number of nitrogens with zero attached hydrogens (tertiary/aromatic N) is 2. The Kier molecular flexibility index (Phi) is 8.32. The predicted molar refractivity (Wildman–Crippen MR) is 130 cm³/mol. The van der Waals surface area contributed by atoms with Crippen molar-refractivity contribution < 1.29 is 27.5 Å². The molecule has 35 heavy (non-hydrogen) atoms. The number of ether oxygens (including phenoxy) is 2. The summed E-state index contributed by atoms with van der Waals surface area (Å²) in [5.74, 6) is -1.52. The fraction of sp³-hybridized carbons (Fsp3) is 0.292. The van der Waals surface area contributed by atoms with Crippen molar-refractivity contribution in [2.75, 3.05) is 13.2 Å². The van der Waals surface area contributed by atoms with Gasteiger partial charge in [-0.15, -0.1) is 0 Å². The second kappa shape index (κ2) is 11.0. The van der Waals surface area contributed by atoms with Crippen molar-refractivity contribution in [3.05, 3.63) is 69.3 Å². The molecule has 0 aliphatic carbocycles. The molecule has 3 rings (SSSR count).